The van der Waals surface area contributed by atoms with Crippen LogP contribution in [-0.2, 0) is 14.8 Å². The summed E-state index contributed by atoms with van der Waals surface area (Å²) < 4.78 is 38.3. The van der Waals surface area contributed by atoms with Gasteiger partial charge in [-0.2, -0.15) is 0 Å². The average Bonchev–Trinajstić information content (AvgIpc) is 2.44. The molecule has 0 spiro atoms. The maximum atomic E-state index is 13.2. The summed E-state index contributed by atoms with van der Waals surface area (Å²) in [5.41, 5.74) is 1.23. The molecule has 5 nitrogen and oxygen atoms in total. The second-order valence-electron chi connectivity index (χ2n) is 5.26. The molecule has 0 aliphatic carbocycles. The van der Waals surface area contributed by atoms with Gasteiger partial charge in [-0.3, -0.25) is 9.10 Å². The molecule has 128 valence electrons. The number of sulfonamides is 1. The molecule has 0 saturated heterocycles. The highest BCUT2D eigenvalue weighted by molar-refractivity contribution is 7.92. The number of halogens is 2. The van der Waals surface area contributed by atoms with Crippen molar-refractivity contribution >= 4 is 38.9 Å². The van der Waals surface area contributed by atoms with Crippen molar-refractivity contribution in [3.8, 4) is 0 Å². The number of hydrogen-bond donors (Lipinski definition) is 1. The van der Waals surface area contributed by atoms with E-state index in [1.54, 1.807) is 19.1 Å². The van der Waals surface area contributed by atoms with E-state index in [1.165, 1.54) is 24.3 Å². The number of anilines is 2. The minimum absolute atomic E-state index is 0.251. The standard InChI is InChI=1S/C16H16ClFN2O3S/c1-11-8-12(17)6-7-15(11)20(24(2,22)23)10-16(21)19-14-5-3-4-13(18)9-14/h3-9H,10H2,1-2H3,(H,19,21). The number of amides is 1. The highest BCUT2D eigenvalue weighted by atomic mass is 35.5. The Balaban J connectivity index is 2.25. The van der Waals surface area contributed by atoms with Crippen molar-refractivity contribution in [3.05, 3.63) is 58.9 Å². The molecule has 24 heavy (non-hydrogen) atoms. The average molecular weight is 371 g/mol. The Labute approximate surface area is 145 Å². The first-order valence-corrected chi connectivity index (χ1v) is 9.19. The summed E-state index contributed by atoms with van der Waals surface area (Å²) in [5.74, 6) is -1.08. The van der Waals surface area contributed by atoms with Crippen molar-refractivity contribution in [1.82, 2.24) is 0 Å². The Kier molecular flexibility index (Phi) is 5.46. The zero-order chi connectivity index (χ0) is 17.9. The van der Waals surface area contributed by atoms with Gasteiger partial charge < -0.3 is 5.32 Å². The van der Waals surface area contributed by atoms with Gasteiger partial charge in [-0.1, -0.05) is 17.7 Å². The van der Waals surface area contributed by atoms with Gasteiger partial charge in [0.1, 0.15) is 12.4 Å². The SMILES string of the molecule is Cc1cc(Cl)ccc1N(CC(=O)Nc1cccc(F)c1)S(C)(=O)=O. The van der Waals surface area contributed by atoms with Gasteiger partial charge >= 0.3 is 0 Å². The highest BCUT2D eigenvalue weighted by Gasteiger charge is 2.22. The third-order valence-corrected chi connectivity index (χ3v) is 4.59. The molecule has 2 aromatic carbocycles. The lowest BCUT2D eigenvalue weighted by Gasteiger charge is -2.23. The van der Waals surface area contributed by atoms with Gasteiger partial charge in [0.25, 0.3) is 0 Å². The molecular weight excluding hydrogens is 355 g/mol. The topological polar surface area (TPSA) is 66.5 Å². The molecule has 0 bridgehead atoms. The molecule has 0 unspecified atom stereocenters. The quantitative estimate of drug-likeness (QED) is 0.878. The van der Waals surface area contributed by atoms with E-state index in [0.717, 1.165) is 16.6 Å². The first-order valence-electron chi connectivity index (χ1n) is 6.96. The molecule has 0 aliphatic heterocycles. The van der Waals surface area contributed by atoms with Crippen LogP contribution in [0.2, 0.25) is 5.02 Å². The molecule has 8 heteroatoms. The lowest BCUT2D eigenvalue weighted by Crippen LogP contribution is -2.37. The third kappa shape index (κ3) is 4.69. The number of aryl methyl sites for hydroxylation is 1. The number of carbonyl (C=O) groups is 1. The van der Waals surface area contributed by atoms with Gasteiger partial charge in [-0.05, 0) is 48.9 Å². The van der Waals surface area contributed by atoms with Crippen molar-refractivity contribution < 1.29 is 17.6 Å². The predicted molar refractivity (Wildman–Crippen MR) is 93.4 cm³/mol. The lowest BCUT2D eigenvalue weighted by atomic mass is 10.2. The molecule has 1 amide bonds. The minimum Gasteiger partial charge on any atom is -0.324 e. The number of nitrogens with one attached hydrogen (secondary N) is 1. The van der Waals surface area contributed by atoms with E-state index in [2.05, 4.69) is 5.32 Å². The monoisotopic (exact) mass is 370 g/mol. The molecule has 0 fully saturated rings. The molecule has 0 aliphatic rings. The van der Waals surface area contributed by atoms with Gasteiger partial charge in [0.05, 0.1) is 11.9 Å². The van der Waals surface area contributed by atoms with Gasteiger partial charge in [-0.25, -0.2) is 12.8 Å². The first-order chi connectivity index (χ1) is 11.2. The van der Waals surface area contributed by atoms with Gasteiger partial charge in [-0.15, -0.1) is 0 Å². The van der Waals surface area contributed by atoms with Crippen LogP contribution in [-0.4, -0.2) is 27.1 Å². The second kappa shape index (κ2) is 7.19. The van der Waals surface area contributed by atoms with E-state index in [9.17, 15) is 17.6 Å². The van der Waals surface area contributed by atoms with Gasteiger partial charge in [0.2, 0.25) is 15.9 Å². The first kappa shape index (κ1) is 18.2. The summed E-state index contributed by atoms with van der Waals surface area (Å²) in [5, 5.41) is 2.94. The van der Waals surface area contributed by atoms with Crippen LogP contribution in [0.25, 0.3) is 0 Å². The largest absolute Gasteiger partial charge is 0.324 e. The Bertz CT molecular complexity index is 871. The fourth-order valence-corrected chi connectivity index (χ4v) is 3.32. The van der Waals surface area contributed by atoms with Gasteiger partial charge in [0, 0.05) is 10.7 Å². The molecule has 2 aromatic rings. The third-order valence-electron chi connectivity index (χ3n) is 3.22. The maximum absolute atomic E-state index is 13.2. The van der Waals surface area contributed by atoms with Crippen LogP contribution >= 0.6 is 11.6 Å². The van der Waals surface area contributed by atoms with E-state index in [-0.39, 0.29) is 5.69 Å². The van der Waals surface area contributed by atoms with Crippen LogP contribution in [0.15, 0.2) is 42.5 Å². The molecule has 0 heterocycles. The Morgan fingerprint density at radius 3 is 2.54 bits per heavy atom. The van der Waals surface area contributed by atoms with Crippen molar-refractivity contribution in [2.75, 3.05) is 22.4 Å². The van der Waals surface area contributed by atoms with Crippen LogP contribution in [0.4, 0.5) is 15.8 Å². The van der Waals surface area contributed by atoms with Crippen molar-refractivity contribution in [3.63, 3.8) is 0 Å². The van der Waals surface area contributed by atoms with E-state index >= 15 is 0 Å². The van der Waals surface area contributed by atoms with Crippen molar-refractivity contribution in [2.24, 2.45) is 0 Å². The number of carbonyl (C=O) groups excluding carboxylic acids is 1. The smallest absolute Gasteiger partial charge is 0.245 e. The number of nitrogens with zero attached hydrogens (tertiary/aromatic N) is 1. The predicted octanol–water partition coefficient (Wildman–Crippen LogP) is 3.19. The summed E-state index contributed by atoms with van der Waals surface area (Å²) in [7, 11) is -3.69. The highest BCUT2D eigenvalue weighted by Crippen LogP contribution is 2.25. The molecule has 0 saturated carbocycles. The number of benzene rings is 2. The zero-order valence-corrected chi connectivity index (χ0v) is 14.7. The fourth-order valence-electron chi connectivity index (χ4n) is 2.18. The van der Waals surface area contributed by atoms with Crippen LogP contribution in [0.3, 0.4) is 0 Å². The van der Waals surface area contributed by atoms with Crippen LogP contribution < -0.4 is 9.62 Å². The van der Waals surface area contributed by atoms with Crippen molar-refractivity contribution in [1.29, 1.82) is 0 Å². The summed E-state index contributed by atoms with van der Waals surface area (Å²) in [4.78, 5) is 12.2. The summed E-state index contributed by atoms with van der Waals surface area (Å²) in [6, 6.07) is 10.0. The Morgan fingerprint density at radius 1 is 1.25 bits per heavy atom. The van der Waals surface area contributed by atoms with E-state index in [0.29, 0.717) is 16.3 Å². The molecule has 0 radical (unpaired) electrons. The Morgan fingerprint density at radius 2 is 1.96 bits per heavy atom. The lowest BCUT2D eigenvalue weighted by molar-refractivity contribution is -0.114. The van der Waals surface area contributed by atoms with Crippen molar-refractivity contribution in [2.45, 2.75) is 6.92 Å². The van der Waals surface area contributed by atoms with E-state index in [4.69, 9.17) is 11.6 Å². The van der Waals surface area contributed by atoms with Crippen LogP contribution in [0.1, 0.15) is 5.56 Å². The van der Waals surface area contributed by atoms with Crippen LogP contribution in [0.5, 0.6) is 0 Å². The molecule has 1 N–H and O–H groups in total. The summed E-state index contributed by atoms with van der Waals surface area (Å²) in [6.45, 7) is 1.27. The minimum atomic E-state index is -3.69. The van der Waals surface area contributed by atoms with Gasteiger partial charge in [0.15, 0.2) is 0 Å². The number of rotatable bonds is 5. The molecule has 0 aromatic heterocycles. The number of hydrogen-bond acceptors (Lipinski definition) is 3. The second-order valence-corrected chi connectivity index (χ2v) is 7.60. The Hall–Kier alpha value is -2.12. The van der Waals surface area contributed by atoms with E-state index in [1.807, 2.05) is 0 Å². The summed E-state index contributed by atoms with van der Waals surface area (Å²) >= 11 is 5.88. The van der Waals surface area contributed by atoms with E-state index < -0.39 is 28.3 Å². The zero-order valence-electron chi connectivity index (χ0n) is 13.1. The summed E-state index contributed by atoms with van der Waals surface area (Å²) in [6.07, 6.45) is 1.01. The fraction of sp³-hybridized carbons (Fsp3) is 0.188. The molecule has 0 atom stereocenters. The maximum Gasteiger partial charge on any atom is 0.245 e. The molecular formula is C16H16ClFN2O3S. The molecule has 2 rings (SSSR count). The van der Waals surface area contributed by atoms with Crippen LogP contribution in [0, 0.1) is 12.7 Å². The normalized spacial score (nSPS) is 11.2.